The molecule has 0 fully saturated rings. The first kappa shape index (κ1) is 36.4. The van der Waals surface area contributed by atoms with Crippen LogP contribution in [0.15, 0.2) is 12.4 Å². The van der Waals surface area contributed by atoms with Crippen molar-refractivity contribution in [2.45, 2.75) is 213 Å². The van der Waals surface area contributed by atoms with Crippen molar-refractivity contribution in [2.24, 2.45) is 0 Å². The lowest BCUT2D eigenvalue weighted by atomic mass is 10.0. The molecule has 0 radical (unpaired) electrons. The first-order valence-corrected chi connectivity index (χ1v) is 18.5. The number of hydrogen-bond acceptors (Lipinski definition) is 2. The van der Waals surface area contributed by atoms with Gasteiger partial charge in [0.2, 0.25) is 0 Å². The van der Waals surface area contributed by atoms with E-state index in [4.69, 9.17) is 0 Å². The first-order chi connectivity index (χ1) is 19.3. The van der Waals surface area contributed by atoms with Gasteiger partial charge in [-0.1, -0.05) is 181 Å². The lowest BCUT2D eigenvalue weighted by Crippen LogP contribution is -2.39. The third kappa shape index (κ3) is 21.7. The van der Waals surface area contributed by atoms with Crippen LogP contribution in [0.5, 0.6) is 0 Å². The van der Waals surface area contributed by atoms with Gasteiger partial charge in [0, 0.05) is 25.5 Å². The Morgan fingerprint density at radius 3 is 1.00 bits per heavy atom. The SMILES string of the molecule is CCCCCCCCCCCCCCCCCCC1N(CCC)C=CN1CCCCCCCCCCCCC. The van der Waals surface area contributed by atoms with Crippen LogP contribution in [-0.2, 0) is 0 Å². The monoisotopic (exact) mass is 547 g/mol. The van der Waals surface area contributed by atoms with E-state index < -0.39 is 0 Å². The lowest BCUT2D eigenvalue weighted by Gasteiger charge is -2.33. The summed E-state index contributed by atoms with van der Waals surface area (Å²) in [4.78, 5) is 5.30. The fourth-order valence-electron chi connectivity index (χ4n) is 6.43. The normalized spacial score (nSPS) is 15.2. The second-order valence-corrected chi connectivity index (χ2v) is 12.9. The molecule has 1 unspecified atom stereocenters. The lowest BCUT2D eigenvalue weighted by molar-refractivity contribution is 0.137. The zero-order valence-corrected chi connectivity index (χ0v) is 27.5. The molecule has 0 aromatic rings. The predicted molar refractivity (Wildman–Crippen MR) is 177 cm³/mol. The van der Waals surface area contributed by atoms with Crippen molar-refractivity contribution in [1.82, 2.24) is 9.80 Å². The molecule has 1 atom stereocenters. The van der Waals surface area contributed by atoms with Crippen molar-refractivity contribution in [2.75, 3.05) is 13.1 Å². The van der Waals surface area contributed by atoms with E-state index >= 15 is 0 Å². The van der Waals surface area contributed by atoms with Gasteiger partial charge in [0.25, 0.3) is 0 Å². The third-order valence-electron chi connectivity index (χ3n) is 9.03. The van der Waals surface area contributed by atoms with E-state index in [1.165, 1.54) is 199 Å². The highest BCUT2D eigenvalue weighted by Crippen LogP contribution is 2.23. The van der Waals surface area contributed by atoms with Crippen LogP contribution in [-0.4, -0.2) is 29.1 Å². The molecule has 0 aliphatic carbocycles. The molecule has 232 valence electrons. The molecule has 0 aromatic carbocycles. The molecular weight excluding hydrogens is 472 g/mol. The first-order valence-electron chi connectivity index (χ1n) is 18.5. The van der Waals surface area contributed by atoms with Crippen LogP contribution < -0.4 is 0 Å². The fraction of sp³-hybridized carbons (Fsp3) is 0.946. The molecule has 0 bridgehead atoms. The molecule has 0 saturated heterocycles. The minimum Gasteiger partial charge on any atom is -0.356 e. The van der Waals surface area contributed by atoms with Crippen LogP contribution in [0.4, 0.5) is 0 Å². The summed E-state index contributed by atoms with van der Waals surface area (Å²) in [5.41, 5.74) is 0. The van der Waals surface area contributed by atoms with Gasteiger partial charge in [0.15, 0.2) is 0 Å². The molecule has 1 aliphatic rings. The maximum absolute atomic E-state index is 2.68. The highest BCUT2D eigenvalue weighted by Gasteiger charge is 2.24. The Balaban J connectivity index is 1.98. The van der Waals surface area contributed by atoms with Crippen LogP contribution >= 0.6 is 0 Å². The third-order valence-corrected chi connectivity index (χ3v) is 9.03. The molecule has 0 saturated carbocycles. The van der Waals surface area contributed by atoms with Crippen LogP contribution in [0.3, 0.4) is 0 Å². The second kappa shape index (κ2) is 28.9. The highest BCUT2D eigenvalue weighted by atomic mass is 15.4. The Labute approximate surface area is 248 Å². The largest absolute Gasteiger partial charge is 0.356 e. The van der Waals surface area contributed by atoms with E-state index in [9.17, 15) is 0 Å². The van der Waals surface area contributed by atoms with Crippen molar-refractivity contribution in [1.29, 1.82) is 0 Å². The summed E-state index contributed by atoms with van der Waals surface area (Å²) >= 11 is 0. The van der Waals surface area contributed by atoms with E-state index in [0.29, 0.717) is 6.17 Å². The van der Waals surface area contributed by atoms with Crippen LogP contribution in [0.25, 0.3) is 0 Å². The van der Waals surface area contributed by atoms with E-state index in [2.05, 4.69) is 43.0 Å². The molecule has 0 aromatic heterocycles. The molecule has 1 rings (SSSR count). The van der Waals surface area contributed by atoms with Crippen molar-refractivity contribution in [3.05, 3.63) is 12.4 Å². The molecule has 0 amide bonds. The average Bonchev–Trinajstić information content (AvgIpc) is 3.32. The minimum atomic E-state index is 0.639. The van der Waals surface area contributed by atoms with E-state index in [1.807, 2.05) is 0 Å². The summed E-state index contributed by atoms with van der Waals surface area (Å²) < 4.78 is 0. The maximum Gasteiger partial charge on any atom is 0.101 e. The van der Waals surface area contributed by atoms with Gasteiger partial charge in [-0.3, -0.25) is 0 Å². The number of rotatable bonds is 31. The smallest absolute Gasteiger partial charge is 0.101 e. The second-order valence-electron chi connectivity index (χ2n) is 12.9. The van der Waals surface area contributed by atoms with Gasteiger partial charge in [0.1, 0.15) is 6.17 Å². The van der Waals surface area contributed by atoms with Gasteiger partial charge in [-0.05, 0) is 25.7 Å². The number of hydrogen-bond donors (Lipinski definition) is 0. The quantitative estimate of drug-likeness (QED) is 0.0798. The molecule has 1 aliphatic heterocycles. The Bertz CT molecular complexity index is 502. The van der Waals surface area contributed by atoms with Crippen molar-refractivity contribution in [3.8, 4) is 0 Å². The summed E-state index contributed by atoms with van der Waals surface area (Å²) in [6.45, 7) is 9.42. The van der Waals surface area contributed by atoms with E-state index in [1.54, 1.807) is 0 Å². The van der Waals surface area contributed by atoms with Gasteiger partial charge >= 0.3 is 0 Å². The molecule has 1 heterocycles. The van der Waals surface area contributed by atoms with Gasteiger partial charge < -0.3 is 9.80 Å². The van der Waals surface area contributed by atoms with Crippen LogP contribution in [0.1, 0.15) is 207 Å². The molecule has 0 N–H and O–H groups in total. The standard InChI is InChI=1S/C37H74N2/c1-4-7-9-11-13-15-17-18-19-20-21-22-24-26-28-30-32-37-38(33-6-3)35-36-39(37)34-31-29-27-25-23-16-14-12-10-8-5-2/h35-37H,4-34H2,1-3H3. The summed E-state index contributed by atoms with van der Waals surface area (Å²) in [5, 5.41) is 0. The van der Waals surface area contributed by atoms with Gasteiger partial charge in [0.05, 0.1) is 0 Å². The van der Waals surface area contributed by atoms with E-state index in [-0.39, 0.29) is 0 Å². The highest BCUT2D eigenvalue weighted by molar-refractivity contribution is 4.96. The van der Waals surface area contributed by atoms with Crippen molar-refractivity contribution >= 4 is 0 Å². The maximum atomic E-state index is 2.68. The summed E-state index contributed by atoms with van der Waals surface area (Å²) in [6, 6.07) is 0. The molecular formula is C37H74N2. The van der Waals surface area contributed by atoms with Gasteiger partial charge in [-0.2, -0.15) is 0 Å². The van der Waals surface area contributed by atoms with Crippen LogP contribution in [0, 0.1) is 0 Å². The minimum absolute atomic E-state index is 0.639. The average molecular weight is 547 g/mol. The summed E-state index contributed by atoms with van der Waals surface area (Å²) in [5.74, 6) is 0. The number of unbranched alkanes of at least 4 members (excludes halogenated alkanes) is 25. The number of nitrogens with zero attached hydrogens (tertiary/aromatic N) is 2. The predicted octanol–water partition coefficient (Wildman–Crippen LogP) is 12.8. The Morgan fingerprint density at radius 1 is 0.333 bits per heavy atom. The van der Waals surface area contributed by atoms with Crippen molar-refractivity contribution in [3.63, 3.8) is 0 Å². The van der Waals surface area contributed by atoms with Gasteiger partial charge in [-0.15, -0.1) is 0 Å². The molecule has 39 heavy (non-hydrogen) atoms. The summed E-state index contributed by atoms with van der Waals surface area (Å²) in [6.07, 6.45) is 47.1. The Morgan fingerprint density at radius 2 is 0.641 bits per heavy atom. The molecule has 0 spiro atoms. The van der Waals surface area contributed by atoms with Gasteiger partial charge in [-0.25, -0.2) is 0 Å². The fourth-order valence-corrected chi connectivity index (χ4v) is 6.43. The zero-order chi connectivity index (χ0) is 28.1. The van der Waals surface area contributed by atoms with Crippen LogP contribution in [0.2, 0.25) is 0 Å². The summed E-state index contributed by atoms with van der Waals surface area (Å²) in [7, 11) is 0. The van der Waals surface area contributed by atoms with E-state index in [0.717, 1.165) is 0 Å². The van der Waals surface area contributed by atoms with Crippen molar-refractivity contribution < 1.29 is 0 Å². The molecule has 2 nitrogen and oxygen atoms in total. The topological polar surface area (TPSA) is 6.48 Å². The Kier molecular flexibility index (Phi) is 26.9. The Hall–Kier alpha value is -0.660. The molecule has 2 heteroatoms. The zero-order valence-electron chi connectivity index (χ0n) is 27.5.